The van der Waals surface area contributed by atoms with Crippen LogP contribution in [0.4, 0.5) is 0 Å². The minimum Gasteiger partial charge on any atom is -0.507 e. The van der Waals surface area contributed by atoms with Gasteiger partial charge in [0.1, 0.15) is 5.75 Å². The Morgan fingerprint density at radius 2 is 1.76 bits per heavy atom. The summed E-state index contributed by atoms with van der Waals surface area (Å²) in [6.45, 7) is 0. The van der Waals surface area contributed by atoms with Crippen molar-refractivity contribution in [1.29, 1.82) is 0 Å². The number of amides is 1. The van der Waals surface area contributed by atoms with Crippen LogP contribution in [0, 0.1) is 0 Å². The summed E-state index contributed by atoms with van der Waals surface area (Å²) in [7, 11) is 0. The number of aryl methyl sites for hydroxylation is 2. The van der Waals surface area contributed by atoms with Crippen LogP contribution in [0.3, 0.4) is 0 Å². The van der Waals surface area contributed by atoms with Gasteiger partial charge in [0.25, 0.3) is 5.91 Å². The molecule has 0 heterocycles. The van der Waals surface area contributed by atoms with Crippen LogP contribution in [0.2, 0.25) is 0 Å². The molecular formula is C21H18N2O2. The van der Waals surface area contributed by atoms with Crippen LogP contribution < -0.4 is 5.43 Å². The van der Waals surface area contributed by atoms with Gasteiger partial charge >= 0.3 is 0 Å². The number of carbonyl (C=O) groups excluding carboxylic acids is 1. The fourth-order valence-corrected chi connectivity index (χ4v) is 3.31. The Bertz CT molecular complexity index is 992. The summed E-state index contributed by atoms with van der Waals surface area (Å²) in [5.74, 6) is -0.482. The molecule has 0 saturated heterocycles. The summed E-state index contributed by atoms with van der Waals surface area (Å²) in [6, 6.07) is 17.1. The Balaban J connectivity index is 1.51. The van der Waals surface area contributed by atoms with E-state index in [1.807, 2.05) is 30.3 Å². The lowest BCUT2D eigenvalue weighted by atomic mass is 10.1. The second-order valence-corrected chi connectivity index (χ2v) is 6.30. The summed E-state index contributed by atoms with van der Waals surface area (Å²) in [6.07, 6.45) is 5.08. The molecule has 2 N–H and O–H groups in total. The highest BCUT2D eigenvalue weighted by Gasteiger charge is 2.12. The number of fused-ring (bicyclic) bond motifs is 2. The molecule has 0 radical (unpaired) electrons. The number of nitrogens with zero attached hydrogens (tertiary/aromatic N) is 1. The van der Waals surface area contributed by atoms with Crippen molar-refractivity contribution in [2.75, 3.05) is 0 Å². The number of carbonyl (C=O) groups is 1. The van der Waals surface area contributed by atoms with Crippen molar-refractivity contribution in [2.45, 2.75) is 19.3 Å². The molecule has 3 aromatic rings. The number of hydrazone groups is 1. The van der Waals surface area contributed by atoms with Crippen LogP contribution in [0.25, 0.3) is 10.8 Å². The van der Waals surface area contributed by atoms with E-state index in [-0.39, 0.29) is 11.3 Å². The minimum atomic E-state index is -0.430. The molecule has 124 valence electrons. The van der Waals surface area contributed by atoms with E-state index in [2.05, 4.69) is 22.7 Å². The number of phenols is 1. The fraction of sp³-hybridized carbons (Fsp3) is 0.143. The molecule has 4 nitrogen and oxygen atoms in total. The zero-order valence-electron chi connectivity index (χ0n) is 13.7. The third-order valence-corrected chi connectivity index (χ3v) is 4.61. The van der Waals surface area contributed by atoms with E-state index < -0.39 is 5.91 Å². The van der Waals surface area contributed by atoms with E-state index in [0.29, 0.717) is 0 Å². The van der Waals surface area contributed by atoms with E-state index >= 15 is 0 Å². The zero-order valence-corrected chi connectivity index (χ0v) is 13.7. The highest BCUT2D eigenvalue weighted by atomic mass is 16.3. The van der Waals surface area contributed by atoms with Crippen molar-refractivity contribution in [3.63, 3.8) is 0 Å². The molecule has 25 heavy (non-hydrogen) atoms. The standard InChI is InChI=1S/C21H18N2O2/c24-20-12-18-5-2-1-4-17(18)11-19(20)21(25)23-22-13-14-8-9-15-6-3-7-16(15)10-14/h1-2,4-5,8-13,24H,3,6-7H2,(H,23,25)/b22-13+. The topological polar surface area (TPSA) is 61.7 Å². The minimum absolute atomic E-state index is 0.0519. The second kappa shape index (κ2) is 6.40. The van der Waals surface area contributed by atoms with E-state index in [1.165, 1.54) is 17.5 Å². The number of hydrogen-bond donors (Lipinski definition) is 2. The quantitative estimate of drug-likeness (QED) is 0.567. The lowest BCUT2D eigenvalue weighted by molar-refractivity contribution is 0.0952. The first-order chi connectivity index (χ1) is 12.2. The van der Waals surface area contributed by atoms with Crippen LogP contribution in [-0.2, 0) is 12.8 Å². The van der Waals surface area contributed by atoms with Gasteiger partial charge in [-0.1, -0.05) is 36.4 Å². The maximum Gasteiger partial charge on any atom is 0.275 e. The number of phenolic OH excluding ortho intramolecular Hbond substituents is 1. The molecule has 3 aromatic carbocycles. The first kappa shape index (κ1) is 15.4. The molecule has 0 atom stereocenters. The molecule has 0 saturated carbocycles. The number of aromatic hydroxyl groups is 1. The van der Waals surface area contributed by atoms with Gasteiger partial charge in [0.2, 0.25) is 0 Å². The first-order valence-electron chi connectivity index (χ1n) is 8.38. The van der Waals surface area contributed by atoms with E-state index in [9.17, 15) is 9.90 Å². The molecule has 0 fully saturated rings. The third kappa shape index (κ3) is 3.11. The SMILES string of the molecule is O=C(N/N=C/c1ccc2c(c1)CCC2)c1cc2ccccc2cc1O. The first-order valence-corrected chi connectivity index (χ1v) is 8.38. The van der Waals surface area contributed by atoms with E-state index in [1.54, 1.807) is 18.3 Å². The lowest BCUT2D eigenvalue weighted by Gasteiger charge is -2.06. The molecule has 1 amide bonds. The maximum absolute atomic E-state index is 12.3. The Labute approximate surface area is 145 Å². The predicted octanol–water partition coefficient (Wildman–Crippen LogP) is 3.80. The van der Waals surface area contributed by atoms with Gasteiger partial charge in [-0.05, 0) is 64.9 Å². The summed E-state index contributed by atoms with van der Waals surface area (Å²) in [5, 5.41) is 15.9. The lowest BCUT2D eigenvalue weighted by Crippen LogP contribution is -2.17. The van der Waals surface area contributed by atoms with Gasteiger partial charge in [-0.2, -0.15) is 5.10 Å². The Morgan fingerprint density at radius 3 is 2.60 bits per heavy atom. The third-order valence-electron chi connectivity index (χ3n) is 4.61. The van der Waals surface area contributed by atoms with E-state index in [0.717, 1.165) is 29.2 Å². The molecular weight excluding hydrogens is 312 g/mol. The average Bonchev–Trinajstić information content (AvgIpc) is 3.09. The molecule has 0 spiro atoms. The summed E-state index contributed by atoms with van der Waals surface area (Å²) >= 11 is 0. The van der Waals surface area contributed by atoms with Crippen LogP contribution in [0.15, 0.2) is 59.7 Å². The molecule has 0 aromatic heterocycles. The maximum atomic E-state index is 12.3. The smallest absolute Gasteiger partial charge is 0.275 e. The molecule has 1 aliphatic carbocycles. The number of rotatable bonds is 3. The Morgan fingerprint density at radius 1 is 1.00 bits per heavy atom. The second-order valence-electron chi connectivity index (χ2n) is 6.30. The molecule has 0 bridgehead atoms. The van der Waals surface area contributed by atoms with Gasteiger partial charge in [-0.25, -0.2) is 5.43 Å². The molecule has 0 aliphatic heterocycles. The monoisotopic (exact) mass is 330 g/mol. The average molecular weight is 330 g/mol. The van der Waals surface area contributed by atoms with Crippen LogP contribution >= 0.6 is 0 Å². The van der Waals surface area contributed by atoms with Gasteiger partial charge in [-0.3, -0.25) is 4.79 Å². The van der Waals surface area contributed by atoms with Gasteiger partial charge in [0, 0.05) is 0 Å². The Kier molecular flexibility index (Phi) is 3.94. The highest BCUT2D eigenvalue weighted by molar-refractivity contribution is 6.01. The van der Waals surface area contributed by atoms with Crippen molar-refractivity contribution < 1.29 is 9.90 Å². The summed E-state index contributed by atoms with van der Waals surface area (Å²) in [5.41, 5.74) is 6.43. The van der Waals surface area contributed by atoms with Crippen molar-refractivity contribution in [3.8, 4) is 5.75 Å². The number of hydrogen-bond acceptors (Lipinski definition) is 3. The number of benzene rings is 3. The van der Waals surface area contributed by atoms with Crippen molar-refractivity contribution in [2.24, 2.45) is 5.10 Å². The number of nitrogens with one attached hydrogen (secondary N) is 1. The van der Waals surface area contributed by atoms with Crippen molar-refractivity contribution in [3.05, 3.63) is 76.9 Å². The van der Waals surface area contributed by atoms with Crippen LogP contribution in [0.5, 0.6) is 5.75 Å². The van der Waals surface area contributed by atoms with Gasteiger partial charge in [0.15, 0.2) is 0 Å². The highest BCUT2D eigenvalue weighted by Crippen LogP contribution is 2.25. The summed E-state index contributed by atoms with van der Waals surface area (Å²) < 4.78 is 0. The molecule has 4 rings (SSSR count). The molecule has 1 aliphatic rings. The van der Waals surface area contributed by atoms with Gasteiger partial charge in [0.05, 0.1) is 11.8 Å². The van der Waals surface area contributed by atoms with Gasteiger partial charge in [-0.15, -0.1) is 0 Å². The molecule has 4 heteroatoms. The largest absolute Gasteiger partial charge is 0.507 e. The molecule has 0 unspecified atom stereocenters. The van der Waals surface area contributed by atoms with Crippen molar-refractivity contribution in [1.82, 2.24) is 5.43 Å². The van der Waals surface area contributed by atoms with Gasteiger partial charge < -0.3 is 5.11 Å². The van der Waals surface area contributed by atoms with Crippen LogP contribution in [0.1, 0.15) is 33.5 Å². The van der Waals surface area contributed by atoms with Crippen LogP contribution in [-0.4, -0.2) is 17.2 Å². The predicted molar refractivity (Wildman–Crippen MR) is 99.1 cm³/mol. The zero-order chi connectivity index (χ0) is 17.2. The Hall–Kier alpha value is -3.14. The van der Waals surface area contributed by atoms with E-state index in [4.69, 9.17) is 0 Å². The fourth-order valence-electron chi connectivity index (χ4n) is 3.31. The summed E-state index contributed by atoms with van der Waals surface area (Å²) in [4.78, 5) is 12.3. The normalized spacial score (nSPS) is 13.3. The van der Waals surface area contributed by atoms with Crippen molar-refractivity contribution >= 4 is 22.9 Å².